The van der Waals surface area contributed by atoms with Gasteiger partial charge in [0.25, 0.3) is 0 Å². The van der Waals surface area contributed by atoms with E-state index >= 15 is 0 Å². The van der Waals surface area contributed by atoms with Gasteiger partial charge in [0.05, 0.1) is 5.57 Å². The zero-order valence-electron chi connectivity index (χ0n) is 13.9. The molecule has 2 rings (SSSR count). The van der Waals surface area contributed by atoms with Gasteiger partial charge in [-0.05, 0) is 20.8 Å². The Balaban J connectivity index is 0.000000241. The van der Waals surface area contributed by atoms with Crippen molar-refractivity contribution < 1.29 is 9.59 Å². The third kappa shape index (κ3) is 6.79. The van der Waals surface area contributed by atoms with E-state index in [9.17, 15) is 9.59 Å². The average Bonchev–Trinajstić information content (AvgIpc) is 2.48. The lowest BCUT2D eigenvalue weighted by molar-refractivity contribution is -0.119. The van der Waals surface area contributed by atoms with E-state index in [1.54, 1.807) is 0 Å². The third-order valence-electron chi connectivity index (χ3n) is 3.19. The molecule has 23 heavy (non-hydrogen) atoms. The van der Waals surface area contributed by atoms with E-state index in [0.29, 0.717) is 5.70 Å². The molecular weight excluding hydrogens is 285 g/mol. The van der Waals surface area contributed by atoms with Crippen LogP contribution in [0.2, 0.25) is 0 Å². The van der Waals surface area contributed by atoms with E-state index in [2.05, 4.69) is 60.7 Å². The maximum atomic E-state index is 10.7. The molecule has 0 radical (unpaired) electrons. The topological polar surface area (TPSA) is 60.2 Å². The molecule has 0 saturated carbocycles. The zero-order chi connectivity index (χ0) is 17.2. The summed E-state index contributed by atoms with van der Waals surface area (Å²) in [6.07, 6.45) is 0. The largest absolute Gasteiger partial charge is 0.402 e. The summed E-state index contributed by atoms with van der Waals surface area (Å²) >= 11 is 0. The van der Waals surface area contributed by atoms with Crippen LogP contribution in [0.4, 0.5) is 0 Å². The number of rotatable bonds is 4. The number of carbonyl (C=O) groups excluding carboxylic acids is 2. The van der Waals surface area contributed by atoms with Crippen LogP contribution < -0.4 is 16.7 Å². The van der Waals surface area contributed by atoms with Gasteiger partial charge >= 0.3 is 0 Å². The van der Waals surface area contributed by atoms with Crippen molar-refractivity contribution in [2.24, 2.45) is 5.73 Å². The summed E-state index contributed by atoms with van der Waals surface area (Å²) in [5, 5.41) is 0. The highest BCUT2D eigenvalue weighted by atomic mass is 16.1. The van der Waals surface area contributed by atoms with Gasteiger partial charge in [0.15, 0.2) is 18.8 Å². The molecule has 0 atom stereocenters. The summed E-state index contributed by atoms with van der Waals surface area (Å²) in [7, 11) is 1.03. The molecule has 0 aromatic heterocycles. The molecule has 118 valence electrons. The van der Waals surface area contributed by atoms with Gasteiger partial charge in [-0.3, -0.25) is 9.59 Å². The number of hydrogen-bond acceptors (Lipinski definition) is 3. The summed E-state index contributed by atoms with van der Waals surface area (Å²) < 4.78 is 0. The van der Waals surface area contributed by atoms with Gasteiger partial charge in [-0.1, -0.05) is 71.6 Å². The Labute approximate surface area is 138 Å². The lowest BCUT2D eigenvalue weighted by atomic mass is 9.64. The molecule has 0 aliphatic rings. The van der Waals surface area contributed by atoms with Crippen molar-refractivity contribution in [1.29, 1.82) is 0 Å². The first-order valence-corrected chi connectivity index (χ1v) is 7.48. The van der Waals surface area contributed by atoms with Gasteiger partial charge < -0.3 is 5.73 Å². The number of carbonyl (C=O) groups is 2. The number of allylic oxidation sites excluding steroid dienone is 2. The van der Waals surface area contributed by atoms with Crippen LogP contribution in [-0.4, -0.2) is 18.8 Å². The van der Waals surface area contributed by atoms with Gasteiger partial charge in [-0.15, -0.1) is 0 Å². The predicted molar refractivity (Wildman–Crippen MR) is 97.6 cm³/mol. The second kappa shape index (κ2) is 9.41. The highest BCUT2D eigenvalue weighted by Gasteiger charge is 2.10. The molecule has 2 N–H and O–H groups in total. The second-order valence-corrected chi connectivity index (χ2v) is 5.32. The van der Waals surface area contributed by atoms with Crippen molar-refractivity contribution in [3.05, 3.63) is 71.9 Å². The molecule has 0 saturated heterocycles. The van der Waals surface area contributed by atoms with Crippen LogP contribution in [0.25, 0.3) is 0 Å². The SMILES string of the molecule is B(c1ccccc1)c1ccccc1.CC(=O)C(C(C)=O)=C(C)N. The fourth-order valence-corrected chi connectivity index (χ4v) is 2.23. The van der Waals surface area contributed by atoms with Gasteiger partial charge in [0, 0.05) is 5.70 Å². The van der Waals surface area contributed by atoms with Crippen molar-refractivity contribution in [3.63, 3.8) is 0 Å². The van der Waals surface area contributed by atoms with Gasteiger partial charge in [-0.25, -0.2) is 0 Å². The Bertz CT molecular complexity index is 622. The molecular formula is C19H22BNO2. The summed E-state index contributed by atoms with van der Waals surface area (Å²) in [6, 6.07) is 21.1. The van der Waals surface area contributed by atoms with E-state index in [1.165, 1.54) is 31.7 Å². The van der Waals surface area contributed by atoms with E-state index < -0.39 is 0 Å². The Morgan fingerprint density at radius 2 is 1.09 bits per heavy atom. The van der Waals surface area contributed by atoms with E-state index in [4.69, 9.17) is 5.73 Å². The minimum absolute atomic E-state index is 0.111. The van der Waals surface area contributed by atoms with E-state index in [0.717, 1.165) is 7.28 Å². The molecule has 0 aliphatic carbocycles. The molecule has 0 fully saturated rings. The van der Waals surface area contributed by atoms with E-state index in [-0.39, 0.29) is 17.1 Å². The van der Waals surface area contributed by atoms with E-state index in [1.807, 2.05) is 0 Å². The zero-order valence-corrected chi connectivity index (χ0v) is 13.9. The van der Waals surface area contributed by atoms with Crippen molar-refractivity contribution in [3.8, 4) is 0 Å². The molecule has 0 amide bonds. The fourth-order valence-electron chi connectivity index (χ4n) is 2.23. The van der Waals surface area contributed by atoms with Crippen molar-refractivity contribution in [2.75, 3.05) is 0 Å². The number of Topliss-reactive ketones (excluding diaryl/α,β-unsaturated/α-hetero) is 2. The normalized spacial score (nSPS) is 9.17. The molecule has 2 aromatic rings. The first kappa shape index (κ1) is 18.4. The van der Waals surface area contributed by atoms with Gasteiger partial charge in [0.2, 0.25) is 0 Å². The monoisotopic (exact) mass is 307 g/mol. The first-order valence-electron chi connectivity index (χ1n) is 7.48. The van der Waals surface area contributed by atoms with Crippen LogP contribution in [-0.2, 0) is 9.59 Å². The summed E-state index contributed by atoms with van der Waals surface area (Å²) in [6.45, 7) is 4.19. The van der Waals surface area contributed by atoms with Gasteiger partial charge in [0.1, 0.15) is 0 Å². The summed E-state index contributed by atoms with van der Waals surface area (Å²) in [5.41, 5.74) is 8.42. The minimum atomic E-state index is -0.271. The van der Waals surface area contributed by atoms with Crippen LogP contribution in [0, 0.1) is 0 Å². The second-order valence-electron chi connectivity index (χ2n) is 5.32. The van der Waals surface area contributed by atoms with Crippen LogP contribution in [0.1, 0.15) is 20.8 Å². The predicted octanol–water partition coefficient (Wildman–Crippen LogP) is 1.47. The smallest absolute Gasteiger partial charge is 0.192 e. The lowest BCUT2D eigenvalue weighted by Gasteiger charge is -1.98. The molecule has 4 heteroatoms. The summed E-state index contributed by atoms with van der Waals surface area (Å²) in [5.74, 6) is -0.542. The third-order valence-corrected chi connectivity index (χ3v) is 3.19. The molecule has 0 bridgehead atoms. The standard InChI is InChI=1S/C12H11B.C7H11NO2/c1-3-7-11(8-4-1)13-12-9-5-2-6-10-12;1-4(8)7(5(2)9)6(3)10/h1-10,13H;8H2,1-3H3. The fraction of sp³-hybridized carbons (Fsp3) is 0.158. The number of ketones is 2. The Morgan fingerprint density at radius 1 is 0.739 bits per heavy atom. The Hall–Kier alpha value is -2.62. The maximum absolute atomic E-state index is 10.7. The number of benzene rings is 2. The van der Waals surface area contributed by atoms with Crippen molar-refractivity contribution in [2.45, 2.75) is 20.8 Å². The summed E-state index contributed by atoms with van der Waals surface area (Å²) in [4.78, 5) is 21.3. The lowest BCUT2D eigenvalue weighted by Crippen LogP contribution is -2.26. The highest BCUT2D eigenvalue weighted by Crippen LogP contribution is 2.00. The average molecular weight is 307 g/mol. The van der Waals surface area contributed by atoms with Crippen LogP contribution >= 0.6 is 0 Å². The molecule has 0 aliphatic heterocycles. The number of nitrogens with two attached hydrogens (primary N) is 1. The molecule has 0 unspecified atom stereocenters. The molecule has 2 aromatic carbocycles. The molecule has 3 nitrogen and oxygen atoms in total. The van der Waals surface area contributed by atoms with Crippen LogP contribution in [0.5, 0.6) is 0 Å². The quantitative estimate of drug-likeness (QED) is 0.403. The maximum Gasteiger partial charge on any atom is 0.192 e. The minimum Gasteiger partial charge on any atom is -0.402 e. The van der Waals surface area contributed by atoms with Crippen LogP contribution in [0.15, 0.2) is 71.9 Å². The first-order chi connectivity index (χ1) is 10.9. The Kier molecular flexibility index (Phi) is 7.54. The highest BCUT2D eigenvalue weighted by molar-refractivity contribution is 6.67. The molecule has 0 heterocycles. The van der Waals surface area contributed by atoms with Crippen molar-refractivity contribution in [1.82, 2.24) is 0 Å². The van der Waals surface area contributed by atoms with Crippen LogP contribution in [0.3, 0.4) is 0 Å². The van der Waals surface area contributed by atoms with Crippen molar-refractivity contribution >= 4 is 29.8 Å². The molecule has 0 spiro atoms. The van der Waals surface area contributed by atoms with Gasteiger partial charge in [-0.2, -0.15) is 0 Å². The Morgan fingerprint density at radius 3 is 1.30 bits per heavy atom. The number of hydrogen-bond donors (Lipinski definition) is 1.